The third-order valence-corrected chi connectivity index (χ3v) is 17.4. The minimum absolute atomic E-state index is 0.0225. The molecule has 4 fully saturated rings. The van der Waals surface area contributed by atoms with Gasteiger partial charge in [-0.25, -0.2) is 9.78 Å². The van der Waals surface area contributed by atoms with Crippen LogP contribution in [-0.4, -0.2) is 21.6 Å². The number of thiophene rings is 1. The first-order valence-electron chi connectivity index (χ1n) is 18.7. The van der Waals surface area contributed by atoms with Gasteiger partial charge >= 0.3 is 5.97 Å². The van der Waals surface area contributed by atoms with Gasteiger partial charge in [0.1, 0.15) is 0 Å². The molecule has 0 saturated heterocycles. The zero-order chi connectivity index (χ0) is 34.6. The number of hydrogen-bond donors (Lipinski definition) is 2. The van der Waals surface area contributed by atoms with Crippen molar-refractivity contribution in [3.05, 3.63) is 76.5 Å². The van der Waals surface area contributed by atoms with Crippen LogP contribution in [0, 0.1) is 51.2 Å². The number of nitrogens with one attached hydrogen (secondary N) is 1. The van der Waals surface area contributed by atoms with Crippen molar-refractivity contribution < 1.29 is 9.90 Å². The number of allylic oxidation sites excluding steroid dienone is 3. The maximum absolute atomic E-state index is 11.6. The minimum atomic E-state index is -0.860. The summed E-state index contributed by atoms with van der Waals surface area (Å²) in [6, 6.07) is 11.9. The molecule has 3 aromatic rings. The highest BCUT2D eigenvalue weighted by Gasteiger charge is 2.70. The molecule has 260 valence electrons. The van der Waals surface area contributed by atoms with E-state index >= 15 is 0 Å². The van der Waals surface area contributed by atoms with Crippen LogP contribution in [0.15, 0.2) is 65.4 Å². The Balaban J connectivity index is 1.11. The van der Waals surface area contributed by atoms with E-state index in [4.69, 9.17) is 4.98 Å². The fourth-order valence-electron chi connectivity index (χ4n) is 13.3. The monoisotopic (exact) mass is 694 g/mol. The summed E-state index contributed by atoms with van der Waals surface area (Å²) < 4.78 is 0. The second-order valence-corrected chi connectivity index (χ2v) is 19.7. The number of nitrogens with zero attached hydrogens (tertiary/aromatic N) is 1. The van der Waals surface area contributed by atoms with Gasteiger partial charge in [-0.2, -0.15) is 0 Å². The molecule has 49 heavy (non-hydrogen) atoms. The molecule has 4 nitrogen and oxygen atoms in total. The van der Waals surface area contributed by atoms with E-state index in [1.54, 1.807) is 34.8 Å². The topological polar surface area (TPSA) is 62.2 Å². The number of anilines is 1. The van der Waals surface area contributed by atoms with Gasteiger partial charge in [0, 0.05) is 10.9 Å². The van der Waals surface area contributed by atoms with Crippen molar-refractivity contribution in [1.29, 1.82) is 0 Å². The van der Waals surface area contributed by atoms with Gasteiger partial charge in [-0.15, -0.1) is 22.7 Å². The number of rotatable bonds is 6. The molecule has 0 spiro atoms. The van der Waals surface area contributed by atoms with E-state index in [2.05, 4.69) is 82.4 Å². The number of fused-ring (bicyclic) bond motifs is 7. The van der Waals surface area contributed by atoms with E-state index in [9.17, 15) is 9.90 Å². The standard InChI is InChI=1S/C43H54N2O2S2/c1-26(2)29-16-21-43(45-38-44-32(25-49-38)33-9-8-24-48-33)23-22-41(6)31(36(29)43)14-15-35-40(5)19-17-30(27-10-12-28(13-11-27)37(46)47)39(3,4)34(40)18-20-42(35,41)7/h8-13,17,24-25,29,31,34-36H,1,14-16,18-23H2,2-7H3,(H,44,45)(H,46,47)/t29-,31+,34-,35+,36+,40-,41+,42+,43-/m0/s1. The summed E-state index contributed by atoms with van der Waals surface area (Å²) >= 11 is 3.55. The molecule has 1 aromatic carbocycles. The van der Waals surface area contributed by atoms with Crippen LogP contribution in [0.2, 0.25) is 0 Å². The van der Waals surface area contributed by atoms with Crippen LogP contribution in [0.4, 0.5) is 5.13 Å². The van der Waals surface area contributed by atoms with E-state index in [1.165, 1.54) is 73.0 Å². The van der Waals surface area contributed by atoms with Crippen LogP contribution < -0.4 is 5.32 Å². The summed E-state index contributed by atoms with van der Waals surface area (Å²) in [4.78, 5) is 18.0. The average molecular weight is 695 g/mol. The number of carbonyl (C=O) groups is 1. The zero-order valence-electron chi connectivity index (χ0n) is 30.3. The molecule has 2 aromatic heterocycles. The van der Waals surface area contributed by atoms with Crippen molar-refractivity contribution in [3.8, 4) is 10.6 Å². The van der Waals surface area contributed by atoms with E-state index in [0.29, 0.717) is 35.2 Å². The van der Waals surface area contributed by atoms with E-state index < -0.39 is 5.97 Å². The molecule has 0 unspecified atom stereocenters. The number of aromatic nitrogens is 1. The maximum Gasteiger partial charge on any atom is 0.335 e. The molecule has 2 N–H and O–H groups in total. The van der Waals surface area contributed by atoms with Crippen molar-refractivity contribution in [2.45, 2.75) is 105 Å². The molecule has 0 amide bonds. The smallest absolute Gasteiger partial charge is 0.335 e. The van der Waals surface area contributed by atoms with Crippen LogP contribution in [0.25, 0.3) is 16.1 Å². The number of benzene rings is 1. The summed E-state index contributed by atoms with van der Waals surface area (Å²) in [5.74, 6) is 2.24. The lowest BCUT2D eigenvalue weighted by Crippen LogP contribution is -2.67. The van der Waals surface area contributed by atoms with Crippen molar-refractivity contribution in [3.63, 3.8) is 0 Å². The molecule has 5 aliphatic rings. The van der Waals surface area contributed by atoms with Gasteiger partial charge in [-0.05, 0) is 151 Å². The van der Waals surface area contributed by atoms with Crippen LogP contribution >= 0.6 is 22.7 Å². The highest BCUT2D eigenvalue weighted by molar-refractivity contribution is 7.16. The van der Waals surface area contributed by atoms with Crippen molar-refractivity contribution in [1.82, 2.24) is 4.98 Å². The molecule has 6 heteroatoms. The molecule has 5 aliphatic carbocycles. The molecule has 2 heterocycles. The Morgan fingerprint density at radius 1 is 0.918 bits per heavy atom. The van der Waals surface area contributed by atoms with Crippen LogP contribution in [0.5, 0.6) is 0 Å². The fraction of sp³-hybridized carbons (Fsp3) is 0.581. The normalized spacial score (nSPS) is 39.1. The van der Waals surface area contributed by atoms with Crippen molar-refractivity contribution in [2.24, 2.45) is 51.2 Å². The van der Waals surface area contributed by atoms with E-state index in [0.717, 1.165) is 17.2 Å². The molecule has 8 rings (SSSR count). The zero-order valence-corrected chi connectivity index (χ0v) is 31.9. The van der Waals surface area contributed by atoms with Crippen LogP contribution in [-0.2, 0) is 0 Å². The predicted molar refractivity (Wildman–Crippen MR) is 205 cm³/mol. The fourth-order valence-corrected chi connectivity index (χ4v) is 14.9. The first-order chi connectivity index (χ1) is 23.2. The Kier molecular flexibility index (Phi) is 7.78. The molecule has 9 atom stereocenters. The first-order valence-corrected chi connectivity index (χ1v) is 20.5. The molecular weight excluding hydrogens is 641 g/mol. The maximum atomic E-state index is 11.6. The number of carboxylic acids is 1. The van der Waals surface area contributed by atoms with Crippen molar-refractivity contribution in [2.75, 3.05) is 5.32 Å². The molecule has 0 radical (unpaired) electrons. The van der Waals surface area contributed by atoms with Gasteiger partial charge in [0.05, 0.1) is 16.1 Å². The number of hydrogen-bond acceptors (Lipinski definition) is 5. The van der Waals surface area contributed by atoms with Crippen LogP contribution in [0.1, 0.15) is 115 Å². The number of aromatic carboxylic acids is 1. The highest BCUT2D eigenvalue weighted by Crippen LogP contribution is 2.77. The number of thiazole rings is 1. The van der Waals surface area contributed by atoms with E-state index in [1.807, 2.05) is 12.1 Å². The lowest BCUT2D eigenvalue weighted by atomic mass is 9.33. The lowest BCUT2D eigenvalue weighted by Gasteiger charge is -2.72. The molecular formula is C43H54N2O2S2. The Hall–Kier alpha value is -2.70. The van der Waals surface area contributed by atoms with Gasteiger partial charge in [0.25, 0.3) is 0 Å². The Morgan fingerprint density at radius 3 is 2.39 bits per heavy atom. The Morgan fingerprint density at radius 2 is 1.69 bits per heavy atom. The third kappa shape index (κ3) is 4.78. The van der Waals surface area contributed by atoms with Gasteiger partial charge in [0.2, 0.25) is 0 Å². The quantitative estimate of drug-likeness (QED) is 0.252. The predicted octanol–water partition coefficient (Wildman–Crippen LogP) is 12.1. The molecule has 0 aliphatic heterocycles. The molecule has 4 saturated carbocycles. The van der Waals surface area contributed by atoms with Gasteiger partial charge < -0.3 is 10.4 Å². The van der Waals surface area contributed by atoms with Crippen molar-refractivity contribution >= 4 is 39.3 Å². The van der Waals surface area contributed by atoms with Gasteiger partial charge in [-0.1, -0.05) is 71.0 Å². The lowest BCUT2D eigenvalue weighted by molar-refractivity contribution is -0.216. The average Bonchev–Trinajstić information content (AvgIpc) is 3.82. The second-order valence-electron chi connectivity index (χ2n) is 17.9. The Labute approximate surface area is 301 Å². The summed E-state index contributed by atoms with van der Waals surface area (Å²) in [6.45, 7) is 20.0. The van der Waals surface area contributed by atoms with Gasteiger partial charge in [-0.3, -0.25) is 0 Å². The second kappa shape index (κ2) is 11.4. The SMILES string of the molecule is C=C(C)[C@@H]1CC[C@]2(Nc3nc(-c4cccs4)cs3)CC[C@]3(C)[C@H](CC[C@@H]4[C@@]5(C)CC=C(c6ccc(C(=O)O)cc6)C(C)(C)[C@@H]5CC[C@]43C)[C@@H]12. The van der Waals surface area contributed by atoms with Crippen LogP contribution in [0.3, 0.4) is 0 Å². The summed E-state index contributed by atoms with van der Waals surface area (Å²) in [5, 5.41) is 19.2. The summed E-state index contributed by atoms with van der Waals surface area (Å²) in [6.07, 6.45) is 13.8. The largest absolute Gasteiger partial charge is 0.478 e. The highest BCUT2D eigenvalue weighted by atomic mass is 32.1. The summed E-state index contributed by atoms with van der Waals surface area (Å²) in [7, 11) is 0. The first kappa shape index (κ1) is 33.4. The third-order valence-electron chi connectivity index (χ3n) is 15.7. The van der Waals surface area contributed by atoms with Gasteiger partial charge in [0.15, 0.2) is 5.13 Å². The molecule has 0 bridgehead atoms. The number of carboxylic acid groups (broad SMARTS) is 1. The van der Waals surface area contributed by atoms with E-state index in [-0.39, 0.29) is 27.2 Å². The Bertz CT molecular complexity index is 1800. The minimum Gasteiger partial charge on any atom is -0.478 e. The summed E-state index contributed by atoms with van der Waals surface area (Å²) in [5.41, 5.74) is 6.35.